The van der Waals surface area contributed by atoms with E-state index in [4.69, 9.17) is 9.52 Å². The van der Waals surface area contributed by atoms with Crippen LogP contribution in [0.3, 0.4) is 0 Å². The molecule has 0 aliphatic carbocycles. The van der Waals surface area contributed by atoms with Gasteiger partial charge in [0.05, 0.1) is 12.9 Å². The van der Waals surface area contributed by atoms with E-state index in [1.807, 2.05) is 38.1 Å². The molecule has 25 heavy (non-hydrogen) atoms. The third-order valence-corrected chi connectivity index (χ3v) is 3.90. The number of carbonyl (C=O) groups excluding carboxylic acids is 2. The Kier molecular flexibility index (Phi) is 6.77. The van der Waals surface area contributed by atoms with Crippen molar-refractivity contribution in [3.05, 3.63) is 59.5 Å². The third kappa shape index (κ3) is 5.46. The Labute approximate surface area is 147 Å². The third-order valence-electron chi connectivity index (χ3n) is 3.90. The minimum atomic E-state index is -0.630. The summed E-state index contributed by atoms with van der Waals surface area (Å²) in [6, 6.07) is 10.1. The topological polar surface area (TPSA) is 91.6 Å². The lowest BCUT2D eigenvalue weighted by molar-refractivity contribution is -0.123. The summed E-state index contributed by atoms with van der Waals surface area (Å²) in [5, 5.41) is 14.6. The number of benzene rings is 1. The van der Waals surface area contributed by atoms with Gasteiger partial charge < -0.3 is 20.2 Å². The summed E-state index contributed by atoms with van der Waals surface area (Å²) >= 11 is 0. The van der Waals surface area contributed by atoms with Crippen molar-refractivity contribution in [3.63, 3.8) is 0 Å². The number of aliphatic hydroxyl groups excluding tert-OH is 1. The van der Waals surface area contributed by atoms with Crippen LogP contribution < -0.4 is 10.6 Å². The lowest BCUT2D eigenvalue weighted by Crippen LogP contribution is -2.50. The highest BCUT2D eigenvalue weighted by Crippen LogP contribution is 2.07. The summed E-state index contributed by atoms with van der Waals surface area (Å²) in [7, 11) is 0. The Hall–Kier alpha value is -2.60. The van der Waals surface area contributed by atoms with Gasteiger partial charge in [0.1, 0.15) is 6.04 Å². The van der Waals surface area contributed by atoms with Gasteiger partial charge in [0, 0.05) is 6.54 Å². The van der Waals surface area contributed by atoms with E-state index in [1.165, 1.54) is 6.26 Å². The van der Waals surface area contributed by atoms with E-state index in [0.717, 1.165) is 11.1 Å². The molecular weight excluding hydrogens is 320 g/mol. The second-order valence-corrected chi connectivity index (χ2v) is 6.19. The molecule has 1 heterocycles. The van der Waals surface area contributed by atoms with Crippen molar-refractivity contribution < 1.29 is 19.1 Å². The van der Waals surface area contributed by atoms with Crippen molar-refractivity contribution in [1.29, 1.82) is 0 Å². The van der Waals surface area contributed by atoms with E-state index in [2.05, 4.69) is 10.6 Å². The van der Waals surface area contributed by atoms with Crippen LogP contribution in [0.25, 0.3) is 0 Å². The Morgan fingerprint density at radius 3 is 2.36 bits per heavy atom. The molecule has 0 aliphatic rings. The second-order valence-electron chi connectivity index (χ2n) is 6.19. The van der Waals surface area contributed by atoms with E-state index in [1.54, 1.807) is 12.1 Å². The van der Waals surface area contributed by atoms with Crippen LogP contribution in [-0.4, -0.2) is 29.5 Å². The predicted molar refractivity (Wildman–Crippen MR) is 93.9 cm³/mol. The minimum absolute atomic E-state index is 0.0163. The van der Waals surface area contributed by atoms with Crippen molar-refractivity contribution in [2.75, 3.05) is 6.54 Å². The number of hydrogen-bond acceptors (Lipinski definition) is 4. The van der Waals surface area contributed by atoms with Gasteiger partial charge in [-0.15, -0.1) is 0 Å². The molecule has 1 atom stereocenters. The molecule has 0 fully saturated rings. The molecule has 0 saturated carbocycles. The highest BCUT2D eigenvalue weighted by atomic mass is 16.3. The van der Waals surface area contributed by atoms with Gasteiger partial charge in [0.2, 0.25) is 5.91 Å². The van der Waals surface area contributed by atoms with Crippen LogP contribution in [0.5, 0.6) is 0 Å². The molecule has 6 nitrogen and oxygen atoms in total. The number of furan rings is 1. The van der Waals surface area contributed by atoms with Crippen LogP contribution in [0.2, 0.25) is 0 Å². The Balaban J connectivity index is 1.86. The molecule has 1 aromatic heterocycles. The Morgan fingerprint density at radius 1 is 1.12 bits per heavy atom. The van der Waals surface area contributed by atoms with Crippen molar-refractivity contribution in [1.82, 2.24) is 10.6 Å². The van der Waals surface area contributed by atoms with Crippen LogP contribution in [0.15, 0.2) is 47.1 Å². The van der Waals surface area contributed by atoms with E-state index < -0.39 is 11.9 Å². The van der Waals surface area contributed by atoms with E-state index in [-0.39, 0.29) is 24.2 Å². The minimum Gasteiger partial charge on any atom is -0.459 e. The van der Waals surface area contributed by atoms with Crippen molar-refractivity contribution in [2.45, 2.75) is 32.9 Å². The molecule has 2 amide bonds. The number of rotatable bonds is 8. The highest BCUT2D eigenvalue weighted by molar-refractivity contribution is 5.95. The normalized spacial score (nSPS) is 12.0. The molecule has 0 spiro atoms. The second kappa shape index (κ2) is 9.03. The molecule has 0 aliphatic heterocycles. The first-order chi connectivity index (χ1) is 12.0. The summed E-state index contributed by atoms with van der Waals surface area (Å²) < 4.78 is 5.05. The number of amides is 2. The average Bonchev–Trinajstić information content (AvgIpc) is 3.14. The van der Waals surface area contributed by atoms with Gasteiger partial charge in [-0.05, 0) is 35.6 Å². The molecular formula is C19H24N2O4. The lowest BCUT2D eigenvalue weighted by Gasteiger charge is -2.21. The zero-order chi connectivity index (χ0) is 18.2. The van der Waals surface area contributed by atoms with E-state index >= 15 is 0 Å². The average molecular weight is 344 g/mol. The van der Waals surface area contributed by atoms with Gasteiger partial charge in [0.15, 0.2) is 5.76 Å². The fourth-order valence-corrected chi connectivity index (χ4v) is 2.41. The van der Waals surface area contributed by atoms with Gasteiger partial charge in [-0.2, -0.15) is 0 Å². The standard InChI is InChI=1S/C19H24N2O4/c1-13(2)17(21-18(23)16-4-3-11-25-16)19(24)20-10-9-14-5-7-15(12-22)8-6-14/h3-8,11,13,17,22H,9-10,12H2,1-2H3,(H,20,24)(H,21,23). The molecule has 134 valence electrons. The zero-order valence-corrected chi connectivity index (χ0v) is 14.5. The molecule has 1 unspecified atom stereocenters. The van der Waals surface area contributed by atoms with Gasteiger partial charge in [-0.1, -0.05) is 38.1 Å². The predicted octanol–water partition coefficient (Wildman–Crippen LogP) is 1.89. The van der Waals surface area contributed by atoms with Crippen LogP contribution >= 0.6 is 0 Å². The molecule has 6 heteroatoms. The summed E-state index contributed by atoms with van der Waals surface area (Å²) in [5.41, 5.74) is 1.92. The molecule has 2 rings (SSSR count). The maximum Gasteiger partial charge on any atom is 0.287 e. The lowest BCUT2D eigenvalue weighted by atomic mass is 10.0. The smallest absolute Gasteiger partial charge is 0.287 e. The molecule has 0 bridgehead atoms. The van der Waals surface area contributed by atoms with Gasteiger partial charge in [-0.3, -0.25) is 9.59 Å². The molecule has 2 aromatic rings. The SMILES string of the molecule is CC(C)C(NC(=O)c1ccco1)C(=O)NCCc1ccc(CO)cc1. The number of hydrogen-bond donors (Lipinski definition) is 3. The van der Waals surface area contributed by atoms with Crippen molar-refractivity contribution >= 4 is 11.8 Å². The molecule has 0 radical (unpaired) electrons. The first-order valence-corrected chi connectivity index (χ1v) is 8.32. The molecule has 3 N–H and O–H groups in total. The summed E-state index contributed by atoms with van der Waals surface area (Å²) in [4.78, 5) is 24.5. The fraction of sp³-hybridized carbons (Fsp3) is 0.368. The van der Waals surface area contributed by atoms with Crippen LogP contribution in [-0.2, 0) is 17.8 Å². The summed E-state index contributed by atoms with van der Waals surface area (Å²) in [6.45, 7) is 4.24. The van der Waals surface area contributed by atoms with Gasteiger partial charge >= 0.3 is 0 Å². The maximum atomic E-state index is 12.4. The Morgan fingerprint density at radius 2 is 1.80 bits per heavy atom. The highest BCUT2D eigenvalue weighted by Gasteiger charge is 2.25. The first-order valence-electron chi connectivity index (χ1n) is 8.32. The molecule has 1 aromatic carbocycles. The maximum absolute atomic E-state index is 12.4. The van der Waals surface area contributed by atoms with Crippen molar-refractivity contribution in [3.8, 4) is 0 Å². The van der Waals surface area contributed by atoms with Crippen LogP contribution in [0.1, 0.15) is 35.5 Å². The fourth-order valence-electron chi connectivity index (χ4n) is 2.41. The largest absolute Gasteiger partial charge is 0.459 e. The van der Waals surface area contributed by atoms with E-state index in [0.29, 0.717) is 13.0 Å². The van der Waals surface area contributed by atoms with Crippen molar-refractivity contribution in [2.24, 2.45) is 5.92 Å². The first kappa shape index (κ1) is 18.7. The summed E-state index contributed by atoms with van der Waals surface area (Å²) in [5.74, 6) is -0.495. The summed E-state index contributed by atoms with van der Waals surface area (Å²) in [6.07, 6.45) is 2.09. The van der Waals surface area contributed by atoms with Crippen LogP contribution in [0.4, 0.5) is 0 Å². The van der Waals surface area contributed by atoms with Gasteiger partial charge in [0.25, 0.3) is 5.91 Å². The van der Waals surface area contributed by atoms with Gasteiger partial charge in [-0.25, -0.2) is 0 Å². The monoisotopic (exact) mass is 344 g/mol. The van der Waals surface area contributed by atoms with Crippen LogP contribution in [0, 0.1) is 5.92 Å². The zero-order valence-electron chi connectivity index (χ0n) is 14.5. The van der Waals surface area contributed by atoms with E-state index in [9.17, 15) is 9.59 Å². The number of aliphatic hydroxyl groups is 1. The number of nitrogens with one attached hydrogen (secondary N) is 2. The Bertz CT molecular complexity index is 678. The quantitative estimate of drug-likeness (QED) is 0.682. The number of carbonyl (C=O) groups is 2. The molecule has 0 saturated heterocycles.